The van der Waals surface area contributed by atoms with Crippen LogP contribution < -0.4 is 10.6 Å². The van der Waals surface area contributed by atoms with Crippen LogP contribution >= 0.6 is 0 Å². The minimum Gasteiger partial charge on any atom is -0.480 e. The monoisotopic (exact) mass is 223 g/mol. The van der Waals surface area contributed by atoms with Crippen LogP contribution in [0.15, 0.2) is 18.3 Å². The van der Waals surface area contributed by atoms with E-state index in [4.69, 9.17) is 10.8 Å². The molecule has 0 spiro atoms. The van der Waals surface area contributed by atoms with Crippen molar-refractivity contribution < 1.29 is 14.7 Å². The zero-order valence-electron chi connectivity index (χ0n) is 9.04. The largest absolute Gasteiger partial charge is 0.480 e. The Hall–Kier alpha value is -2.11. The number of amides is 1. The molecule has 0 saturated heterocycles. The molecule has 3 N–H and O–H groups in total. The predicted octanol–water partition coefficient (Wildman–Crippen LogP) is 0.0898. The first-order chi connectivity index (χ1) is 7.43. The zero-order chi connectivity index (χ0) is 12.3. The average molecular weight is 223 g/mol. The normalized spacial score (nSPS) is 11.9. The fraction of sp³-hybridized carbons (Fsp3) is 0.300. The van der Waals surface area contributed by atoms with Gasteiger partial charge in [-0.1, -0.05) is 0 Å². The zero-order valence-corrected chi connectivity index (χ0v) is 9.04. The summed E-state index contributed by atoms with van der Waals surface area (Å²) in [6.07, 6.45) is 1.42. The summed E-state index contributed by atoms with van der Waals surface area (Å²) in [4.78, 5) is 27.1. The number of nitrogens with zero attached hydrogens (tertiary/aromatic N) is 2. The summed E-state index contributed by atoms with van der Waals surface area (Å²) in [6, 6.07) is 2.21. The van der Waals surface area contributed by atoms with E-state index in [1.54, 1.807) is 7.05 Å². The third-order valence-corrected chi connectivity index (χ3v) is 2.33. The SMILES string of the molecule is CC(C(=O)O)N(C)c1cc(C(N)=O)ccn1. The molecule has 1 amide bonds. The van der Waals surface area contributed by atoms with Crippen LogP contribution in [0.25, 0.3) is 0 Å². The summed E-state index contributed by atoms with van der Waals surface area (Å²) in [7, 11) is 1.59. The molecule has 0 bridgehead atoms. The van der Waals surface area contributed by atoms with Gasteiger partial charge in [0.15, 0.2) is 0 Å². The van der Waals surface area contributed by atoms with Gasteiger partial charge < -0.3 is 15.7 Å². The molecule has 1 rings (SSSR count). The molecule has 6 nitrogen and oxygen atoms in total. The second-order valence-electron chi connectivity index (χ2n) is 3.39. The number of hydrogen-bond donors (Lipinski definition) is 2. The van der Waals surface area contributed by atoms with Gasteiger partial charge >= 0.3 is 5.97 Å². The van der Waals surface area contributed by atoms with Crippen molar-refractivity contribution in [2.75, 3.05) is 11.9 Å². The van der Waals surface area contributed by atoms with E-state index in [-0.39, 0.29) is 0 Å². The smallest absolute Gasteiger partial charge is 0.326 e. The molecule has 86 valence electrons. The highest BCUT2D eigenvalue weighted by molar-refractivity contribution is 5.93. The van der Waals surface area contributed by atoms with Crippen molar-refractivity contribution in [2.45, 2.75) is 13.0 Å². The number of likely N-dealkylation sites (N-methyl/N-ethyl adjacent to an activating group) is 1. The number of rotatable bonds is 4. The minimum absolute atomic E-state index is 0.300. The van der Waals surface area contributed by atoms with E-state index >= 15 is 0 Å². The number of anilines is 1. The second kappa shape index (κ2) is 4.61. The molecule has 16 heavy (non-hydrogen) atoms. The summed E-state index contributed by atoms with van der Waals surface area (Å²) < 4.78 is 0. The van der Waals surface area contributed by atoms with Crippen LogP contribution in [0.5, 0.6) is 0 Å². The molecule has 0 fully saturated rings. The van der Waals surface area contributed by atoms with Crippen LogP contribution in [0.4, 0.5) is 5.82 Å². The van der Waals surface area contributed by atoms with E-state index in [1.807, 2.05) is 0 Å². The predicted molar refractivity (Wildman–Crippen MR) is 58.3 cm³/mol. The Bertz CT molecular complexity index is 420. The molecule has 0 aromatic carbocycles. The van der Waals surface area contributed by atoms with Gasteiger partial charge in [-0.05, 0) is 19.1 Å². The Morgan fingerprint density at radius 2 is 2.19 bits per heavy atom. The Kier molecular flexibility index (Phi) is 3.44. The molecule has 1 aromatic heterocycles. The quantitative estimate of drug-likeness (QED) is 0.754. The van der Waals surface area contributed by atoms with Crippen molar-refractivity contribution in [1.82, 2.24) is 4.98 Å². The van der Waals surface area contributed by atoms with E-state index in [9.17, 15) is 9.59 Å². The number of carboxylic acid groups (broad SMARTS) is 1. The van der Waals surface area contributed by atoms with Gasteiger partial charge in [-0.15, -0.1) is 0 Å². The van der Waals surface area contributed by atoms with Crippen LogP contribution in [-0.4, -0.2) is 35.1 Å². The Labute approximate surface area is 92.7 Å². The van der Waals surface area contributed by atoms with Gasteiger partial charge in [0.1, 0.15) is 11.9 Å². The molecule has 0 radical (unpaired) electrons. The van der Waals surface area contributed by atoms with Gasteiger partial charge in [-0.2, -0.15) is 0 Å². The topological polar surface area (TPSA) is 96.5 Å². The maximum Gasteiger partial charge on any atom is 0.326 e. The third-order valence-electron chi connectivity index (χ3n) is 2.33. The highest BCUT2D eigenvalue weighted by Gasteiger charge is 2.18. The first kappa shape index (κ1) is 12.0. The Morgan fingerprint density at radius 3 is 2.69 bits per heavy atom. The summed E-state index contributed by atoms with van der Waals surface area (Å²) in [6.45, 7) is 1.53. The van der Waals surface area contributed by atoms with E-state index in [2.05, 4.69) is 4.98 Å². The number of carboxylic acids is 1. The molecular weight excluding hydrogens is 210 g/mol. The second-order valence-corrected chi connectivity index (χ2v) is 3.39. The van der Waals surface area contributed by atoms with Crippen molar-refractivity contribution in [3.05, 3.63) is 23.9 Å². The highest BCUT2D eigenvalue weighted by atomic mass is 16.4. The molecule has 0 aliphatic heterocycles. The molecule has 0 saturated carbocycles. The summed E-state index contributed by atoms with van der Waals surface area (Å²) in [5, 5.41) is 8.83. The molecule has 0 aliphatic rings. The molecule has 1 atom stereocenters. The number of nitrogens with two attached hydrogens (primary N) is 1. The number of primary amides is 1. The first-order valence-corrected chi connectivity index (χ1v) is 4.65. The van der Waals surface area contributed by atoms with Crippen molar-refractivity contribution in [1.29, 1.82) is 0 Å². The van der Waals surface area contributed by atoms with Crippen molar-refractivity contribution >= 4 is 17.7 Å². The lowest BCUT2D eigenvalue weighted by Crippen LogP contribution is -2.36. The molecular formula is C10H13N3O3. The molecule has 6 heteroatoms. The number of pyridine rings is 1. The van der Waals surface area contributed by atoms with Gasteiger partial charge in [-0.3, -0.25) is 4.79 Å². The Morgan fingerprint density at radius 1 is 1.56 bits per heavy atom. The fourth-order valence-corrected chi connectivity index (χ4v) is 1.13. The van der Waals surface area contributed by atoms with Gasteiger partial charge in [-0.25, -0.2) is 9.78 Å². The molecule has 1 heterocycles. The summed E-state index contributed by atoms with van der Waals surface area (Å²) in [5.74, 6) is -1.14. The fourth-order valence-electron chi connectivity index (χ4n) is 1.13. The lowest BCUT2D eigenvalue weighted by Gasteiger charge is -2.22. The van der Waals surface area contributed by atoms with E-state index in [0.717, 1.165) is 0 Å². The van der Waals surface area contributed by atoms with Gasteiger partial charge in [0.2, 0.25) is 5.91 Å². The van der Waals surface area contributed by atoms with Crippen LogP contribution in [0.1, 0.15) is 17.3 Å². The lowest BCUT2D eigenvalue weighted by atomic mass is 10.2. The number of carbonyl (C=O) groups excluding carboxylic acids is 1. The Balaban J connectivity index is 3.00. The number of aromatic nitrogens is 1. The third kappa shape index (κ3) is 2.47. The summed E-state index contributed by atoms with van der Waals surface area (Å²) >= 11 is 0. The number of carbonyl (C=O) groups is 2. The van der Waals surface area contributed by atoms with E-state index < -0.39 is 17.9 Å². The lowest BCUT2D eigenvalue weighted by molar-refractivity contribution is -0.138. The van der Waals surface area contributed by atoms with E-state index in [1.165, 1.54) is 30.2 Å². The average Bonchev–Trinajstić information content (AvgIpc) is 2.27. The number of hydrogen-bond acceptors (Lipinski definition) is 4. The maximum absolute atomic E-state index is 10.9. The van der Waals surface area contributed by atoms with Crippen molar-refractivity contribution in [2.24, 2.45) is 5.73 Å². The van der Waals surface area contributed by atoms with E-state index in [0.29, 0.717) is 11.4 Å². The minimum atomic E-state index is -0.964. The van der Waals surface area contributed by atoms with Crippen LogP contribution in [-0.2, 0) is 4.79 Å². The van der Waals surface area contributed by atoms with Crippen molar-refractivity contribution in [3.8, 4) is 0 Å². The highest BCUT2D eigenvalue weighted by Crippen LogP contribution is 2.13. The molecule has 1 aromatic rings. The number of aliphatic carboxylic acids is 1. The van der Waals surface area contributed by atoms with Crippen LogP contribution in [0.2, 0.25) is 0 Å². The van der Waals surface area contributed by atoms with Crippen LogP contribution in [0.3, 0.4) is 0 Å². The molecule has 0 aliphatic carbocycles. The van der Waals surface area contributed by atoms with Gasteiger partial charge in [0.25, 0.3) is 0 Å². The standard InChI is InChI=1S/C10H13N3O3/c1-6(10(15)16)13(2)8-5-7(9(11)14)3-4-12-8/h3-6H,1-2H3,(H2,11,14)(H,15,16). The first-order valence-electron chi connectivity index (χ1n) is 4.65. The maximum atomic E-state index is 10.9. The summed E-state index contributed by atoms with van der Waals surface area (Å²) in [5.41, 5.74) is 5.42. The molecule has 1 unspecified atom stereocenters. The van der Waals surface area contributed by atoms with Gasteiger partial charge in [0, 0.05) is 18.8 Å². The van der Waals surface area contributed by atoms with Crippen molar-refractivity contribution in [3.63, 3.8) is 0 Å². The van der Waals surface area contributed by atoms with Gasteiger partial charge in [0.05, 0.1) is 0 Å². The van der Waals surface area contributed by atoms with Crippen LogP contribution in [0, 0.1) is 0 Å².